The number of ether oxygens (including phenoxy) is 1. The SMILES string of the molecule is CCC1C=C(OC(=O)c2ccccc2)c2ccc(C)cc21. The standard InChI is InChI=1S/C19H18O2/c1-3-14-12-18(16-10-9-13(2)11-17(14)16)21-19(20)15-7-5-4-6-8-15/h4-12,14H,3H2,1-2H3. The number of hydrogen-bond acceptors (Lipinski definition) is 2. The van der Waals surface area contributed by atoms with Gasteiger partial charge in [0.15, 0.2) is 0 Å². The first-order chi connectivity index (χ1) is 10.2. The highest BCUT2D eigenvalue weighted by Crippen LogP contribution is 2.39. The van der Waals surface area contributed by atoms with Gasteiger partial charge < -0.3 is 4.74 Å². The zero-order chi connectivity index (χ0) is 14.8. The molecule has 1 unspecified atom stereocenters. The maximum atomic E-state index is 12.2. The van der Waals surface area contributed by atoms with E-state index in [4.69, 9.17) is 4.74 Å². The molecule has 1 atom stereocenters. The summed E-state index contributed by atoms with van der Waals surface area (Å²) in [5, 5.41) is 0. The molecule has 3 rings (SSSR count). The van der Waals surface area contributed by atoms with Gasteiger partial charge in [-0.2, -0.15) is 0 Å². The Labute approximate surface area is 125 Å². The summed E-state index contributed by atoms with van der Waals surface area (Å²) in [6, 6.07) is 15.4. The average Bonchev–Trinajstić information content (AvgIpc) is 2.85. The van der Waals surface area contributed by atoms with Crippen LogP contribution in [-0.2, 0) is 4.74 Å². The third-order valence-electron chi connectivity index (χ3n) is 3.88. The summed E-state index contributed by atoms with van der Waals surface area (Å²) < 4.78 is 5.62. The molecule has 0 radical (unpaired) electrons. The van der Waals surface area contributed by atoms with Crippen molar-refractivity contribution in [2.45, 2.75) is 26.2 Å². The molecule has 0 saturated carbocycles. The van der Waals surface area contributed by atoms with Gasteiger partial charge in [0.1, 0.15) is 5.76 Å². The Morgan fingerprint density at radius 1 is 1.14 bits per heavy atom. The van der Waals surface area contributed by atoms with Crippen molar-refractivity contribution in [3.05, 3.63) is 76.9 Å². The third-order valence-corrected chi connectivity index (χ3v) is 3.88. The molecule has 0 N–H and O–H groups in total. The minimum absolute atomic E-state index is 0.301. The zero-order valence-electron chi connectivity index (χ0n) is 12.3. The largest absolute Gasteiger partial charge is 0.423 e. The zero-order valence-corrected chi connectivity index (χ0v) is 12.3. The molecule has 0 amide bonds. The molecule has 0 fully saturated rings. The maximum Gasteiger partial charge on any atom is 0.343 e. The summed E-state index contributed by atoms with van der Waals surface area (Å²) in [7, 11) is 0. The molecule has 0 spiro atoms. The number of fused-ring (bicyclic) bond motifs is 1. The van der Waals surface area contributed by atoms with Gasteiger partial charge in [-0.3, -0.25) is 0 Å². The van der Waals surface area contributed by atoms with Crippen molar-refractivity contribution >= 4 is 11.7 Å². The number of carbonyl (C=O) groups is 1. The molecule has 0 saturated heterocycles. The summed E-state index contributed by atoms with van der Waals surface area (Å²) >= 11 is 0. The Hall–Kier alpha value is -2.35. The Morgan fingerprint density at radius 2 is 1.90 bits per heavy atom. The van der Waals surface area contributed by atoms with Crippen molar-refractivity contribution in [3.8, 4) is 0 Å². The fourth-order valence-corrected chi connectivity index (χ4v) is 2.74. The van der Waals surface area contributed by atoms with Crippen LogP contribution in [0.25, 0.3) is 5.76 Å². The Morgan fingerprint density at radius 3 is 2.62 bits per heavy atom. The van der Waals surface area contributed by atoms with Crippen LogP contribution in [0.1, 0.15) is 46.3 Å². The van der Waals surface area contributed by atoms with Crippen molar-refractivity contribution in [2.24, 2.45) is 0 Å². The molecule has 106 valence electrons. The number of benzene rings is 2. The monoisotopic (exact) mass is 278 g/mol. The van der Waals surface area contributed by atoms with Gasteiger partial charge in [-0.25, -0.2) is 4.79 Å². The molecule has 2 aromatic carbocycles. The molecule has 1 aliphatic rings. The van der Waals surface area contributed by atoms with Crippen molar-refractivity contribution < 1.29 is 9.53 Å². The van der Waals surface area contributed by atoms with Crippen LogP contribution in [0, 0.1) is 6.92 Å². The Kier molecular flexibility index (Phi) is 3.61. The van der Waals surface area contributed by atoms with Crippen LogP contribution in [0.2, 0.25) is 0 Å². The van der Waals surface area contributed by atoms with Crippen LogP contribution >= 0.6 is 0 Å². The third kappa shape index (κ3) is 2.62. The lowest BCUT2D eigenvalue weighted by molar-refractivity contribution is 0.0692. The van der Waals surface area contributed by atoms with Gasteiger partial charge in [-0.05, 0) is 37.1 Å². The van der Waals surface area contributed by atoms with E-state index < -0.39 is 0 Å². The second-order valence-electron chi connectivity index (χ2n) is 5.39. The number of rotatable bonds is 3. The maximum absolute atomic E-state index is 12.2. The predicted molar refractivity (Wildman–Crippen MR) is 84.0 cm³/mol. The van der Waals surface area contributed by atoms with Crippen LogP contribution in [0.4, 0.5) is 0 Å². The van der Waals surface area contributed by atoms with Gasteiger partial charge in [-0.1, -0.05) is 48.9 Å². The number of esters is 1. The van der Waals surface area contributed by atoms with Crippen LogP contribution in [0.15, 0.2) is 54.6 Å². The van der Waals surface area contributed by atoms with Crippen LogP contribution in [-0.4, -0.2) is 5.97 Å². The highest BCUT2D eigenvalue weighted by molar-refractivity contribution is 5.93. The van der Waals surface area contributed by atoms with Crippen molar-refractivity contribution in [1.82, 2.24) is 0 Å². The minimum Gasteiger partial charge on any atom is -0.423 e. The Bertz CT molecular complexity index is 699. The molecular formula is C19H18O2. The lowest BCUT2D eigenvalue weighted by atomic mass is 9.97. The molecule has 2 aromatic rings. The second kappa shape index (κ2) is 5.57. The molecule has 2 heteroatoms. The number of carbonyl (C=O) groups excluding carboxylic acids is 1. The van der Waals surface area contributed by atoms with E-state index in [9.17, 15) is 4.79 Å². The second-order valence-corrected chi connectivity index (χ2v) is 5.39. The van der Waals surface area contributed by atoms with Crippen LogP contribution < -0.4 is 0 Å². The van der Waals surface area contributed by atoms with E-state index in [0.717, 1.165) is 12.0 Å². The smallest absolute Gasteiger partial charge is 0.343 e. The molecule has 2 nitrogen and oxygen atoms in total. The lowest BCUT2D eigenvalue weighted by Crippen LogP contribution is -2.03. The van der Waals surface area contributed by atoms with Crippen molar-refractivity contribution in [1.29, 1.82) is 0 Å². The molecule has 0 aliphatic heterocycles. The van der Waals surface area contributed by atoms with E-state index in [1.807, 2.05) is 24.3 Å². The molecule has 1 aliphatic carbocycles. The van der Waals surface area contributed by atoms with E-state index >= 15 is 0 Å². The van der Waals surface area contributed by atoms with E-state index in [2.05, 4.69) is 32.1 Å². The first kappa shape index (κ1) is 13.6. The average molecular weight is 278 g/mol. The normalized spacial score (nSPS) is 16.3. The fraction of sp³-hybridized carbons (Fsp3) is 0.211. The van der Waals surface area contributed by atoms with Gasteiger partial charge in [0, 0.05) is 11.5 Å². The van der Waals surface area contributed by atoms with E-state index in [0.29, 0.717) is 17.2 Å². The summed E-state index contributed by atoms with van der Waals surface area (Å²) in [5.41, 5.74) is 4.10. The van der Waals surface area contributed by atoms with Crippen molar-refractivity contribution in [3.63, 3.8) is 0 Å². The summed E-state index contributed by atoms with van der Waals surface area (Å²) in [6.45, 7) is 4.23. The summed E-state index contributed by atoms with van der Waals surface area (Å²) in [5.74, 6) is 0.717. The van der Waals surface area contributed by atoms with E-state index in [1.165, 1.54) is 11.1 Å². The van der Waals surface area contributed by atoms with Gasteiger partial charge in [0.05, 0.1) is 5.56 Å². The van der Waals surface area contributed by atoms with Gasteiger partial charge >= 0.3 is 5.97 Å². The summed E-state index contributed by atoms with van der Waals surface area (Å²) in [4.78, 5) is 12.2. The highest BCUT2D eigenvalue weighted by Gasteiger charge is 2.25. The molecule has 21 heavy (non-hydrogen) atoms. The predicted octanol–water partition coefficient (Wildman–Crippen LogP) is 4.70. The number of aryl methyl sites for hydroxylation is 1. The Balaban J connectivity index is 1.89. The van der Waals surface area contributed by atoms with Crippen LogP contribution in [0.3, 0.4) is 0 Å². The fourth-order valence-electron chi connectivity index (χ4n) is 2.74. The quantitative estimate of drug-likeness (QED) is 0.761. The van der Waals surface area contributed by atoms with Gasteiger partial charge in [-0.15, -0.1) is 0 Å². The topological polar surface area (TPSA) is 26.3 Å². The van der Waals surface area contributed by atoms with Gasteiger partial charge in [0.25, 0.3) is 0 Å². The van der Waals surface area contributed by atoms with E-state index in [1.54, 1.807) is 12.1 Å². The lowest BCUT2D eigenvalue weighted by Gasteiger charge is -2.09. The molecule has 0 bridgehead atoms. The highest BCUT2D eigenvalue weighted by atomic mass is 16.5. The van der Waals surface area contributed by atoms with Gasteiger partial charge in [0.2, 0.25) is 0 Å². The molecule has 0 heterocycles. The number of hydrogen-bond donors (Lipinski definition) is 0. The minimum atomic E-state index is -0.301. The number of allylic oxidation sites excluding steroid dienone is 1. The van der Waals surface area contributed by atoms with E-state index in [-0.39, 0.29) is 5.97 Å². The summed E-state index contributed by atoms with van der Waals surface area (Å²) in [6.07, 6.45) is 3.06. The first-order valence-electron chi connectivity index (χ1n) is 7.29. The molecular weight excluding hydrogens is 260 g/mol. The first-order valence-corrected chi connectivity index (χ1v) is 7.29. The molecule has 0 aromatic heterocycles. The van der Waals surface area contributed by atoms with Crippen LogP contribution in [0.5, 0.6) is 0 Å². The van der Waals surface area contributed by atoms with Crippen molar-refractivity contribution in [2.75, 3.05) is 0 Å².